The quantitative estimate of drug-likeness (QED) is 0.815. The van der Waals surface area contributed by atoms with Crippen LogP contribution < -0.4 is 5.32 Å². The zero-order valence-corrected chi connectivity index (χ0v) is 15.8. The predicted octanol–water partition coefficient (Wildman–Crippen LogP) is 3.88. The number of hydrogen-bond acceptors (Lipinski definition) is 4. The van der Waals surface area contributed by atoms with Crippen molar-refractivity contribution in [2.24, 2.45) is 5.41 Å². The predicted molar refractivity (Wildman–Crippen MR) is 105 cm³/mol. The van der Waals surface area contributed by atoms with Gasteiger partial charge in [0.25, 0.3) is 0 Å². The first-order chi connectivity index (χ1) is 12.6. The zero-order valence-electron chi connectivity index (χ0n) is 15.8. The highest BCUT2D eigenvalue weighted by atomic mass is 15.2. The number of piperidine rings is 2. The molecule has 2 saturated heterocycles. The van der Waals surface area contributed by atoms with Crippen LogP contribution in [0.4, 0.5) is 0 Å². The second kappa shape index (κ2) is 6.55. The summed E-state index contributed by atoms with van der Waals surface area (Å²) in [5.41, 5.74) is 5.69. The maximum absolute atomic E-state index is 9.35. The molecule has 0 aliphatic carbocycles. The molecule has 2 N–H and O–H groups in total. The van der Waals surface area contributed by atoms with Crippen molar-refractivity contribution >= 4 is 11.3 Å². The second-order valence-corrected chi connectivity index (χ2v) is 8.14. The third-order valence-electron chi connectivity index (χ3n) is 6.90. The first-order valence-electron chi connectivity index (χ1n) is 9.88. The lowest BCUT2D eigenvalue weighted by Gasteiger charge is -2.58. The molecular weight excluding hydrogens is 320 g/mol. The Labute approximate surface area is 156 Å². The van der Waals surface area contributed by atoms with Gasteiger partial charge in [-0.2, -0.15) is 5.26 Å². The van der Waals surface area contributed by atoms with Gasteiger partial charge in [-0.15, -0.1) is 0 Å². The van der Waals surface area contributed by atoms with E-state index in [0.717, 1.165) is 25.8 Å². The van der Waals surface area contributed by atoms with Crippen molar-refractivity contribution in [3.05, 3.63) is 41.1 Å². The molecular formula is C22H28N4. The van der Waals surface area contributed by atoms with Crippen LogP contribution in [0.2, 0.25) is 0 Å². The molecule has 3 aliphatic heterocycles. The molecule has 1 aromatic carbocycles. The monoisotopic (exact) mass is 348 g/mol. The summed E-state index contributed by atoms with van der Waals surface area (Å²) in [6.07, 6.45) is 5.48. The minimum atomic E-state index is -0.150. The van der Waals surface area contributed by atoms with Crippen molar-refractivity contribution in [3.8, 4) is 6.07 Å². The lowest BCUT2D eigenvalue weighted by molar-refractivity contribution is -0.00154. The Morgan fingerprint density at radius 1 is 1.38 bits per heavy atom. The van der Waals surface area contributed by atoms with Crippen LogP contribution in [0.5, 0.6) is 0 Å². The van der Waals surface area contributed by atoms with E-state index in [2.05, 4.69) is 54.4 Å². The summed E-state index contributed by atoms with van der Waals surface area (Å²) in [6, 6.07) is 11.0. The van der Waals surface area contributed by atoms with Crippen LogP contribution in [0.3, 0.4) is 0 Å². The Hall–Kier alpha value is -2.12. The largest absolute Gasteiger partial charge is 0.378 e. The van der Waals surface area contributed by atoms with E-state index in [9.17, 15) is 5.26 Å². The molecule has 0 bridgehead atoms. The number of benzene rings is 1. The maximum atomic E-state index is 9.35. The van der Waals surface area contributed by atoms with E-state index in [1.807, 2.05) is 0 Å². The Kier molecular flexibility index (Phi) is 4.36. The summed E-state index contributed by atoms with van der Waals surface area (Å²) in [6.45, 7) is 6.75. The number of hydrogen-bond donors (Lipinski definition) is 2. The standard InChI is InChI=1S/C22H28N4/c1-3-22-10-6-11-26-12-9-17(16-8-5-4-7-15(16)2)20(21(22)26)25-19(13-22)18(24)14-23/h4-5,7-8,19,21,24-25H,3,6,9-13H2,1-2H3/t19?,21-,22+/m1/s1. The fraction of sp³-hybridized carbons (Fsp3) is 0.545. The average Bonchev–Trinajstić information content (AvgIpc) is 2.68. The molecule has 136 valence electrons. The number of nitriles is 1. The first-order valence-corrected chi connectivity index (χ1v) is 9.88. The second-order valence-electron chi connectivity index (χ2n) is 8.14. The van der Waals surface area contributed by atoms with Crippen LogP contribution in [0.1, 0.15) is 50.2 Å². The molecule has 2 fully saturated rings. The molecule has 0 spiro atoms. The van der Waals surface area contributed by atoms with Crippen molar-refractivity contribution in [2.45, 2.75) is 58.0 Å². The van der Waals surface area contributed by atoms with Crippen molar-refractivity contribution in [2.75, 3.05) is 13.1 Å². The van der Waals surface area contributed by atoms with Gasteiger partial charge in [-0.25, -0.2) is 0 Å². The maximum Gasteiger partial charge on any atom is 0.131 e. The summed E-state index contributed by atoms with van der Waals surface area (Å²) >= 11 is 0. The van der Waals surface area contributed by atoms with Gasteiger partial charge in [0.1, 0.15) is 11.8 Å². The molecule has 0 radical (unpaired) electrons. The van der Waals surface area contributed by atoms with Gasteiger partial charge < -0.3 is 5.32 Å². The summed E-state index contributed by atoms with van der Waals surface area (Å²) in [5, 5.41) is 21.2. The molecule has 0 saturated carbocycles. The number of nitrogens with zero attached hydrogens (tertiary/aromatic N) is 2. The van der Waals surface area contributed by atoms with Gasteiger partial charge in [0.2, 0.25) is 0 Å². The van der Waals surface area contributed by atoms with E-state index in [-0.39, 0.29) is 17.2 Å². The van der Waals surface area contributed by atoms with Gasteiger partial charge in [0.05, 0.1) is 12.1 Å². The highest BCUT2D eigenvalue weighted by molar-refractivity contribution is 6.00. The minimum Gasteiger partial charge on any atom is -0.378 e. The van der Waals surface area contributed by atoms with Crippen LogP contribution in [0.15, 0.2) is 30.0 Å². The molecule has 1 aromatic rings. The molecule has 3 heterocycles. The molecule has 4 rings (SSSR count). The SMILES string of the molecule is CC[C@]12CCCN3CCC(c4ccccc4C)=C(NC(C(=N)C#N)C1)[C@@H]32. The first kappa shape index (κ1) is 17.3. The molecule has 4 nitrogen and oxygen atoms in total. The normalized spacial score (nSPS) is 31.0. The van der Waals surface area contributed by atoms with E-state index in [0.29, 0.717) is 6.04 Å². The van der Waals surface area contributed by atoms with Crippen molar-refractivity contribution in [1.82, 2.24) is 10.2 Å². The molecule has 0 amide bonds. The third-order valence-corrected chi connectivity index (χ3v) is 6.90. The number of rotatable bonds is 3. The minimum absolute atomic E-state index is 0.150. The molecule has 4 heteroatoms. The Bertz CT molecular complexity index is 803. The van der Waals surface area contributed by atoms with Gasteiger partial charge in [-0.1, -0.05) is 31.2 Å². The Morgan fingerprint density at radius 2 is 2.19 bits per heavy atom. The van der Waals surface area contributed by atoms with Crippen LogP contribution >= 0.6 is 0 Å². The van der Waals surface area contributed by atoms with Crippen LogP contribution in [-0.2, 0) is 0 Å². The fourth-order valence-corrected chi connectivity index (χ4v) is 5.55. The van der Waals surface area contributed by atoms with E-state index >= 15 is 0 Å². The van der Waals surface area contributed by atoms with Gasteiger partial charge in [0.15, 0.2) is 0 Å². The molecule has 0 aromatic heterocycles. The third kappa shape index (κ3) is 2.57. The summed E-state index contributed by atoms with van der Waals surface area (Å²) < 4.78 is 0. The number of aryl methyl sites for hydroxylation is 1. The van der Waals surface area contributed by atoms with Gasteiger partial charge in [0, 0.05) is 12.2 Å². The Morgan fingerprint density at radius 3 is 2.92 bits per heavy atom. The molecule has 26 heavy (non-hydrogen) atoms. The average molecular weight is 348 g/mol. The highest BCUT2D eigenvalue weighted by Crippen LogP contribution is 2.51. The smallest absolute Gasteiger partial charge is 0.131 e. The molecule has 3 atom stereocenters. The fourth-order valence-electron chi connectivity index (χ4n) is 5.55. The van der Waals surface area contributed by atoms with Gasteiger partial charge >= 0.3 is 0 Å². The van der Waals surface area contributed by atoms with Crippen molar-refractivity contribution in [1.29, 1.82) is 10.7 Å². The van der Waals surface area contributed by atoms with E-state index in [4.69, 9.17) is 5.41 Å². The van der Waals surface area contributed by atoms with Crippen molar-refractivity contribution in [3.63, 3.8) is 0 Å². The van der Waals surface area contributed by atoms with Crippen LogP contribution in [-0.4, -0.2) is 35.8 Å². The summed E-state index contributed by atoms with van der Waals surface area (Å²) in [7, 11) is 0. The van der Waals surface area contributed by atoms with Crippen molar-refractivity contribution < 1.29 is 0 Å². The zero-order chi connectivity index (χ0) is 18.3. The van der Waals surface area contributed by atoms with E-state index < -0.39 is 0 Å². The van der Waals surface area contributed by atoms with E-state index in [1.54, 1.807) is 0 Å². The lowest BCUT2D eigenvalue weighted by Crippen LogP contribution is -2.64. The molecule has 3 aliphatic rings. The van der Waals surface area contributed by atoms with Crippen LogP contribution in [0.25, 0.3) is 5.57 Å². The highest BCUT2D eigenvalue weighted by Gasteiger charge is 2.52. The summed E-state index contributed by atoms with van der Waals surface area (Å²) in [5.74, 6) is 0. The molecule has 1 unspecified atom stereocenters. The van der Waals surface area contributed by atoms with Gasteiger partial charge in [-0.05, 0) is 67.7 Å². The van der Waals surface area contributed by atoms with E-state index in [1.165, 1.54) is 41.8 Å². The Balaban J connectivity index is 1.88. The topological polar surface area (TPSA) is 62.9 Å². The van der Waals surface area contributed by atoms with Gasteiger partial charge in [-0.3, -0.25) is 10.3 Å². The van der Waals surface area contributed by atoms with Crippen LogP contribution in [0, 0.1) is 29.1 Å². The lowest BCUT2D eigenvalue weighted by atomic mass is 9.62. The number of nitrogens with one attached hydrogen (secondary N) is 2. The summed E-state index contributed by atoms with van der Waals surface area (Å²) in [4.78, 5) is 2.66.